The van der Waals surface area contributed by atoms with Crippen LogP contribution in [0, 0.1) is 13.8 Å². The summed E-state index contributed by atoms with van der Waals surface area (Å²) in [6.45, 7) is 7.72. The van der Waals surface area contributed by atoms with Gasteiger partial charge in [-0.25, -0.2) is 4.98 Å². The van der Waals surface area contributed by atoms with E-state index in [1.807, 2.05) is 38.5 Å². The predicted molar refractivity (Wildman–Crippen MR) is 76.1 cm³/mol. The number of hydrogen-bond acceptors (Lipinski definition) is 3. The normalized spacial score (nSPS) is 12.6. The molecule has 0 saturated carbocycles. The van der Waals surface area contributed by atoms with E-state index in [0.29, 0.717) is 11.8 Å². The van der Waals surface area contributed by atoms with E-state index in [-0.39, 0.29) is 0 Å². The van der Waals surface area contributed by atoms with Crippen molar-refractivity contribution in [2.24, 2.45) is 0 Å². The number of rotatable bonds is 5. The minimum absolute atomic E-state index is 0.364. The van der Waals surface area contributed by atoms with E-state index in [1.165, 1.54) is 5.56 Å². The lowest BCUT2D eigenvalue weighted by Gasteiger charge is -2.15. The van der Waals surface area contributed by atoms with Crippen molar-refractivity contribution >= 4 is 0 Å². The fraction of sp³-hybridized carbons (Fsp3) is 0.400. The lowest BCUT2D eigenvalue weighted by molar-refractivity contribution is 0.463. The number of nitrogens with one attached hydrogen (secondary N) is 1. The Kier molecular flexibility index (Phi) is 4.22. The Bertz CT molecular complexity index is 511. The summed E-state index contributed by atoms with van der Waals surface area (Å²) in [7, 11) is 0. The Morgan fingerprint density at radius 2 is 2.00 bits per heavy atom. The molecule has 0 radical (unpaired) electrons. The van der Waals surface area contributed by atoms with E-state index in [9.17, 15) is 5.11 Å². The molecule has 0 aliphatic rings. The van der Waals surface area contributed by atoms with Crippen LogP contribution in [0.5, 0.6) is 5.75 Å². The molecule has 0 fully saturated rings. The zero-order valence-electron chi connectivity index (χ0n) is 11.7. The van der Waals surface area contributed by atoms with Crippen LogP contribution >= 0.6 is 0 Å². The molecule has 19 heavy (non-hydrogen) atoms. The summed E-state index contributed by atoms with van der Waals surface area (Å²) in [6.07, 6.45) is 5.58. The number of aromatic hydroxyl groups is 1. The number of nitrogens with zero attached hydrogens (tertiary/aromatic N) is 2. The second-order valence-corrected chi connectivity index (χ2v) is 5.12. The van der Waals surface area contributed by atoms with Crippen LogP contribution in [0.2, 0.25) is 0 Å². The first-order valence-corrected chi connectivity index (χ1v) is 6.54. The van der Waals surface area contributed by atoms with E-state index in [1.54, 1.807) is 6.20 Å². The molecule has 4 heteroatoms. The molecule has 0 aliphatic heterocycles. The molecule has 1 heterocycles. The zero-order chi connectivity index (χ0) is 13.8. The SMILES string of the molecule is Cc1cc(CNC(C)Cn2ccnc2)cc(C)c1O. The van der Waals surface area contributed by atoms with Gasteiger partial charge in [0, 0.05) is 31.5 Å². The fourth-order valence-corrected chi connectivity index (χ4v) is 2.22. The van der Waals surface area contributed by atoms with Crippen molar-refractivity contribution in [2.75, 3.05) is 0 Å². The van der Waals surface area contributed by atoms with Gasteiger partial charge in [-0.3, -0.25) is 0 Å². The second-order valence-electron chi connectivity index (χ2n) is 5.12. The van der Waals surface area contributed by atoms with E-state index in [2.05, 4.69) is 21.8 Å². The van der Waals surface area contributed by atoms with Crippen LogP contribution in [0.3, 0.4) is 0 Å². The van der Waals surface area contributed by atoms with Gasteiger partial charge in [0.25, 0.3) is 0 Å². The minimum atomic E-state index is 0.364. The smallest absolute Gasteiger partial charge is 0.121 e. The Morgan fingerprint density at radius 1 is 1.32 bits per heavy atom. The molecular weight excluding hydrogens is 238 g/mol. The van der Waals surface area contributed by atoms with Gasteiger partial charge >= 0.3 is 0 Å². The van der Waals surface area contributed by atoms with Gasteiger partial charge in [-0.15, -0.1) is 0 Å². The Balaban J connectivity index is 1.91. The van der Waals surface area contributed by atoms with Crippen LogP contribution in [0.1, 0.15) is 23.6 Å². The highest BCUT2D eigenvalue weighted by atomic mass is 16.3. The first-order chi connectivity index (χ1) is 9.06. The highest BCUT2D eigenvalue weighted by Crippen LogP contribution is 2.22. The summed E-state index contributed by atoms with van der Waals surface area (Å²) in [5.41, 5.74) is 3.06. The largest absolute Gasteiger partial charge is 0.507 e. The monoisotopic (exact) mass is 259 g/mol. The van der Waals surface area contributed by atoms with E-state index < -0.39 is 0 Å². The van der Waals surface area contributed by atoms with Crippen molar-refractivity contribution in [3.05, 3.63) is 47.5 Å². The fourth-order valence-electron chi connectivity index (χ4n) is 2.22. The summed E-state index contributed by atoms with van der Waals surface area (Å²) in [5, 5.41) is 13.2. The Hall–Kier alpha value is -1.81. The first-order valence-electron chi connectivity index (χ1n) is 6.54. The molecule has 0 amide bonds. The van der Waals surface area contributed by atoms with Crippen molar-refractivity contribution in [3.8, 4) is 5.75 Å². The maximum Gasteiger partial charge on any atom is 0.121 e. The third kappa shape index (κ3) is 3.58. The van der Waals surface area contributed by atoms with Gasteiger partial charge < -0.3 is 15.0 Å². The van der Waals surface area contributed by atoms with Gasteiger partial charge in [0.2, 0.25) is 0 Å². The quantitative estimate of drug-likeness (QED) is 0.866. The molecule has 2 aromatic rings. The molecule has 4 nitrogen and oxygen atoms in total. The van der Waals surface area contributed by atoms with Crippen LogP contribution in [0.4, 0.5) is 0 Å². The van der Waals surface area contributed by atoms with Crippen LogP contribution in [0.25, 0.3) is 0 Å². The summed E-state index contributed by atoms with van der Waals surface area (Å²) in [6, 6.07) is 4.42. The summed E-state index contributed by atoms with van der Waals surface area (Å²) >= 11 is 0. The first kappa shape index (κ1) is 13.6. The lowest BCUT2D eigenvalue weighted by atomic mass is 10.1. The zero-order valence-corrected chi connectivity index (χ0v) is 11.7. The van der Waals surface area contributed by atoms with Gasteiger partial charge in [0.15, 0.2) is 0 Å². The second kappa shape index (κ2) is 5.89. The predicted octanol–water partition coefficient (Wildman–Crippen LogP) is 2.38. The molecule has 1 atom stereocenters. The number of benzene rings is 1. The Morgan fingerprint density at radius 3 is 2.58 bits per heavy atom. The highest BCUT2D eigenvalue weighted by Gasteiger charge is 2.06. The van der Waals surface area contributed by atoms with Gasteiger partial charge in [0.05, 0.1) is 6.33 Å². The van der Waals surface area contributed by atoms with E-state index in [4.69, 9.17) is 0 Å². The van der Waals surface area contributed by atoms with Gasteiger partial charge in [-0.05, 0) is 37.5 Å². The number of phenols is 1. The third-order valence-electron chi connectivity index (χ3n) is 3.25. The van der Waals surface area contributed by atoms with E-state index in [0.717, 1.165) is 24.2 Å². The number of aryl methyl sites for hydroxylation is 2. The van der Waals surface area contributed by atoms with Gasteiger partial charge in [-0.1, -0.05) is 12.1 Å². The molecule has 1 aromatic carbocycles. The molecule has 0 spiro atoms. The number of hydrogen-bond donors (Lipinski definition) is 2. The highest BCUT2D eigenvalue weighted by molar-refractivity contribution is 5.42. The third-order valence-corrected chi connectivity index (χ3v) is 3.25. The van der Waals surface area contributed by atoms with Crippen LogP contribution in [-0.4, -0.2) is 20.7 Å². The van der Waals surface area contributed by atoms with Crippen molar-refractivity contribution in [3.63, 3.8) is 0 Å². The van der Waals surface area contributed by atoms with Crippen LogP contribution < -0.4 is 5.32 Å². The summed E-state index contributed by atoms with van der Waals surface area (Å²) in [4.78, 5) is 4.03. The molecule has 102 valence electrons. The topological polar surface area (TPSA) is 50.1 Å². The maximum atomic E-state index is 9.75. The number of aromatic nitrogens is 2. The van der Waals surface area contributed by atoms with Crippen molar-refractivity contribution in [2.45, 2.75) is 39.9 Å². The number of imidazole rings is 1. The molecule has 0 aliphatic carbocycles. The standard InChI is InChI=1S/C15H21N3O/c1-11-6-14(7-12(2)15(11)19)8-17-13(3)9-18-5-4-16-10-18/h4-7,10,13,17,19H,8-9H2,1-3H3. The molecule has 0 saturated heterocycles. The van der Waals surface area contributed by atoms with Gasteiger partial charge in [-0.2, -0.15) is 0 Å². The Labute approximate surface area is 114 Å². The van der Waals surface area contributed by atoms with Gasteiger partial charge in [0.1, 0.15) is 5.75 Å². The van der Waals surface area contributed by atoms with Crippen LogP contribution in [0.15, 0.2) is 30.9 Å². The van der Waals surface area contributed by atoms with E-state index >= 15 is 0 Å². The molecule has 1 aromatic heterocycles. The molecular formula is C15H21N3O. The minimum Gasteiger partial charge on any atom is -0.507 e. The summed E-state index contributed by atoms with van der Waals surface area (Å²) in [5.74, 6) is 0.398. The van der Waals surface area contributed by atoms with Crippen molar-refractivity contribution in [1.29, 1.82) is 0 Å². The molecule has 0 bridgehead atoms. The summed E-state index contributed by atoms with van der Waals surface area (Å²) < 4.78 is 2.06. The lowest BCUT2D eigenvalue weighted by Crippen LogP contribution is -2.29. The van der Waals surface area contributed by atoms with Crippen molar-refractivity contribution in [1.82, 2.24) is 14.9 Å². The maximum absolute atomic E-state index is 9.75. The molecule has 2 N–H and O–H groups in total. The van der Waals surface area contributed by atoms with Crippen molar-refractivity contribution < 1.29 is 5.11 Å². The van der Waals surface area contributed by atoms with Crippen LogP contribution in [-0.2, 0) is 13.1 Å². The molecule has 1 unspecified atom stereocenters. The average molecular weight is 259 g/mol. The molecule has 2 rings (SSSR count). The average Bonchev–Trinajstić information content (AvgIpc) is 2.86. The number of phenolic OH excluding ortho intramolecular Hbond substituents is 1.